The van der Waals surface area contributed by atoms with Crippen LogP contribution in [0.2, 0.25) is 5.28 Å². The Balaban J connectivity index is 2.29. The molecule has 98 valence electrons. The van der Waals surface area contributed by atoms with E-state index in [1.165, 1.54) is 7.11 Å². The maximum atomic E-state index is 11.6. The van der Waals surface area contributed by atoms with Crippen molar-refractivity contribution in [1.29, 1.82) is 0 Å². The second kappa shape index (κ2) is 5.67. The number of aryl methyl sites for hydroxylation is 1. The van der Waals surface area contributed by atoms with E-state index in [1.54, 1.807) is 18.3 Å². The third-order valence-corrected chi connectivity index (χ3v) is 2.72. The number of nitrogens with zero attached hydrogens (tertiary/aromatic N) is 2. The third-order valence-electron chi connectivity index (χ3n) is 2.54. The summed E-state index contributed by atoms with van der Waals surface area (Å²) in [5.74, 6) is 0.182. The van der Waals surface area contributed by atoms with Gasteiger partial charge in [-0.25, -0.2) is 14.8 Å². The van der Waals surface area contributed by atoms with Crippen molar-refractivity contribution in [2.45, 2.75) is 6.92 Å². The highest BCUT2D eigenvalue weighted by Crippen LogP contribution is 2.19. The first-order valence-electron chi connectivity index (χ1n) is 5.54. The van der Waals surface area contributed by atoms with Gasteiger partial charge in [-0.2, -0.15) is 0 Å². The molecule has 0 aliphatic heterocycles. The van der Waals surface area contributed by atoms with Gasteiger partial charge < -0.3 is 10.1 Å². The number of hydrogen-bond acceptors (Lipinski definition) is 5. The van der Waals surface area contributed by atoms with Gasteiger partial charge in [0.1, 0.15) is 5.82 Å². The third kappa shape index (κ3) is 3.20. The number of hydrogen-bond donors (Lipinski definition) is 1. The fourth-order valence-corrected chi connectivity index (χ4v) is 1.73. The molecule has 0 aliphatic rings. The molecule has 6 heteroatoms. The average Bonchev–Trinajstić information content (AvgIpc) is 2.40. The Morgan fingerprint density at radius 2 is 2.16 bits per heavy atom. The normalized spacial score (nSPS) is 10.1. The quantitative estimate of drug-likeness (QED) is 0.690. The smallest absolute Gasteiger partial charge is 0.338 e. The Labute approximate surface area is 115 Å². The van der Waals surface area contributed by atoms with Crippen molar-refractivity contribution in [3.05, 3.63) is 46.9 Å². The lowest BCUT2D eigenvalue weighted by molar-refractivity contribution is 0.0600. The minimum Gasteiger partial charge on any atom is -0.465 e. The predicted octanol–water partition coefficient (Wildman–Crippen LogP) is 2.97. The Kier molecular flexibility index (Phi) is 3.97. The van der Waals surface area contributed by atoms with E-state index in [4.69, 9.17) is 16.3 Å². The van der Waals surface area contributed by atoms with Gasteiger partial charge in [-0.05, 0) is 42.3 Å². The summed E-state index contributed by atoms with van der Waals surface area (Å²) in [5.41, 5.74) is 2.08. The standard InChI is InChI=1S/C13H12ClN3O2/c1-8-3-4-9(7-10(8)12(18)19-2)16-11-5-6-15-13(14)17-11/h3-7H,1-2H3,(H,15,16,17). The van der Waals surface area contributed by atoms with Crippen LogP contribution in [0.25, 0.3) is 0 Å². The van der Waals surface area contributed by atoms with Crippen LogP contribution in [0.15, 0.2) is 30.5 Å². The molecule has 19 heavy (non-hydrogen) atoms. The summed E-state index contributed by atoms with van der Waals surface area (Å²) in [6.07, 6.45) is 1.55. The topological polar surface area (TPSA) is 64.1 Å². The summed E-state index contributed by atoms with van der Waals surface area (Å²) in [6.45, 7) is 1.84. The van der Waals surface area contributed by atoms with E-state index in [9.17, 15) is 4.79 Å². The molecule has 0 aliphatic carbocycles. The molecule has 2 aromatic rings. The molecule has 5 nitrogen and oxygen atoms in total. The van der Waals surface area contributed by atoms with E-state index in [2.05, 4.69) is 15.3 Å². The zero-order chi connectivity index (χ0) is 13.8. The van der Waals surface area contributed by atoms with Crippen molar-refractivity contribution >= 4 is 29.1 Å². The number of rotatable bonds is 3. The molecule has 1 aromatic heterocycles. The van der Waals surface area contributed by atoms with Crippen LogP contribution in [0.3, 0.4) is 0 Å². The lowest BCUT2D eigenvalue weighted by atomic mass is 10.1. The zero-order valence-corrected chi connectivity index (χ0v) is 11.2. The minimum atomic E-state index is -0.373. The van der Waals surface area contributed by atoms with Crippen LogP contribution in [0.4, 0.5) is 11.5 Å². The van der Waals surface area contributed by atoms with E-state index in [1.807, 2.05) is 19.1 Å². The molecule has 0 amide bonds. The van der Waals surface area contributed by atoms with Crippen molar-refractivity contribution in [1.82, 2.24) is 9.97 Å². The SMILES string of the molecule is COC(=O)c1cc(Nc2ccnc(Cl)n2)ccc1C. The molecule has 0 atom stereocenters. The molecule has 0 unspecified atom stereocenters. The average molecular weight is 278 g/mol. The summed E-state index contributed by atoms with van der Waals surface area (Å²) >= 11 is 5.70. The maximum absolute atomic E-state index is 11.6. The Bertz CT molecular complexity index is 617. The summed E-state index contributed by atoms with van der Waals surface area (Å²) < 4.78 is 4.73. The highest BCUT2D eigenvalue weighted by Gasteiger charge is 2.10. The largest absolute Gasteiger partial charge is 0.465 e. The zero-order valence-electron chi connectivity index (χ0n) is 10.5. The molecule has 0 spiro atoms. The molecular weight excluding hydrogens is 266 g/mol. The van der Waals surface area contributed by atoms with Gasteiger partial charge in [-0.1, -0.05) is 6.07 Å². The predicted molar refractivity (Wildman–Crippen MR) is 72.8 cm³/mol. The summed E-state index contributed by atoms with van der Waals surface area (Å²) in [5, 5.41) is 3.21. The minimum absolute atomic E-state index is 0.158. The van der Waals surface area contributed by atoms with Crippen LogP contribution in [-0.2, 0) is 4.74 Å². The van der Waals surface area contributed by atoms with Gasteiger partial charge in [-0.3, -0.25) is 0 Å². The second-order valence-electron chi connectivity index (χ2n) is 3.86. The molecular formula is C13H12ClN3O2. The highest BCUT2D eigenvalue weighted by atomic mass is 35.5. The number of benzene rings is 1. The Hall–Kier alpha value is -2.14. The van der Waals surface area contributed by atoms with E-state index < -0.39 is 0 Å². The van der Waals surface area contributed by atoms with Gasteiger partial charge in [0.25, 0.3) is 0 Å². The fraction of sp³-hybridized carbons (Fsp3) is 0.154. The number of esters is 1. The number of carbonyl (C=O) groups is 1. The molecule has 1 heterocycles. The van der Waals surface area contributed by atoms with Crippen molar-refractivity contribution in [3.8, 4) is 0 Å². The van der Waals surface area contributed by atoms with E-state index in [0.29, 0.717) is 11.4 Å². The van der Waals surface area contributed by atoms with Crippen LogP contribution >= 0.6 is 11.6 Å². The monoisotopic (exact) mass is 277 g/mol. The molecule has 0 saturated heterocycles. The van der Waals surface area contributed by atoms with Crippen LogP contribution in [0, 0.1) is 6.92 Å². The van der Waals surface area contributed by atoms with Gasteiger partial charge in [0.2, 0.25) is 5.28 Å². The lowest BCUT2D eigenvalue weighted by Crippen LogP contribution is -2.05. The van der Waals surface area contributed by atoms with E-state index in [-0.39, 0.29) is 11.3 Å². The highest BCUT2D eigenvalue weighted by molar-refractivity contribution is 6.28. The number of halogens is 1. The Morgan fingerprint density at radius 3 is 2.84 bits per heavy atom. The first kappa shape index (κ1) is 13.3. The number of anilines is 2. The summed E-state index contributed by atoms with van der Waals surface area (Å²) in [6, 6.07) is 7.07. The number of ether oxygens (including phenoxy) is 1. The van der Waals surface area contributed by atoms with E-state index >= 15 is 0 Å². The van der Waals surface area contributed by atoms with Gasteiger partial charge in [-0.15, -0.1) is 0 Å². The second-order valence-corrected chi connectivity index (χ2v) is 4.20. The van der Waals surface area contributed by atoms with Crippen molar-refractivity contribution in [2.75, 3.05) is 12.4 Å². The number of nitrogens with one attached hydrogen (secondary N) is 1. The molecule has 0 saturated carbocycles. The molecule has 0 bridgehead atoms. The van der Waals surface area contributed by atoms with Crippen LogP contribution < -0.4 is 5.32 Å². The molecule has 0 fully saturated rings. The maximum Gasteiger partial charge on any atom is 0.338 e. The van der Waals surface area contributed by atoms with Crippen LogP contribution in [0.1, 0.15) is 15.9 Å². The molecule has 0 radical (unpaired) electrons. The summed E-state index contributed by atoms with van der Waals surface area (Å²) in [7, 11) is 1.35. The lowest BCUT2D eigenvalue weighted by Gasteiger charge is -2.09. The number of carbonyl (C=O) groups excluding carboxylic acids is 1. The van der Waals surface area contributed by atoms with E-state index in [0.717, 1.165) is 11.3 Å². The Morgan fingerprint density at radius 1 is 1.37 bits per heavy atom. The van der Waals surface area contributed by atoms with Gasteiger partial charge >= 0.3 is 5.97 Å². The molecule has 1 N–H and O–H groups in total. The number of methoxy groups -OCH3 is 1. The summed E-state index contributed by atoms with van der Waals surface area (Å²) in [4.78, 5) is 19.4. The van der Waals surface area contributed by atoms with Gasteiger partial charge in [0, 0.05) is 11.9 Å². The first-order valence-corrected chi connectivity index (χ1v) is 5.92. The van der Waals surface area contributed by atoms with Gasteiger partial charge in [0.15, 0.2) is 0 Å². The van der Waals surface area contributed by atoms with Crippen molar-refractivity contribution in [3.63, 3.8) is 0 Å². The molecule has 1 aromatic carbocycles. The first-order chi connectivity index (χ1) is 9.10. The van der Waals surface area contributed by atoms with Crippen molar-refractivity contribution < 1.29 is 9.53 Å². The molecule has 2 rings (SSSR count). The number of aromatic nitrogens is 2. The van der Waals surface area contributed by atoms with Crippen molar-refractivity contribution in [2.24, 2.45) is 0 Å². The van der Waals surface area contributed by atoms with Crippen LogP contribution in [0.5, 0.6) is 0 Å². The van der Waals surface area contributed by atoms with Crippen LogP contribution in [-0.4, -0.2) is 23.0 Å². The fourth-order valence-electron chi connectivity index (χ4n) is 1.58. The van der Waals surface area contributed by atoms with Gasteiger partial charge in [0.05, 0.1) is 12.7 Å².